The first-order valence-electron chi connectivity index (χ1n) is 5.96. The number of hydrogen-bond donors (Lipinski definition) is 3. The Morgan fingerprint density at radius 3 is 1.75 bits per heavy atom. The number of phosphoric ester groups is 1. The minimum Gasteiger partial charge on any atom is -0.330 e. The first-order chi connectivity index (χ1) is 7.56. The van der Waals surface area contributed by atoms with Gasteiger partial charge in [0, 0.05) is 0 Å². The van der Waals surface area contributed by atoms with E-state index in [2.05, 4.69) is 4.52 Å². The van der Waals surface area contributed by atoms with Crippen LogP contribution < -0.4 is 5.73 Å². The highest BCUT2D eigenvalue weighted by Gasteiger charge is 2.12. The molecular weight excluding hydrogens is 229 g/mol. The predicted octanol–water partition coefficient (Wildman–Crippen LogP) is 2.18. The Kier molecular flexibility index (Phi) is 10.3. The van der Waals surface area contributed by atoms with Crippen molar-refractivity contribution in [2.45, 2.75) is 51.4 Å². The Hall–Kier alpha value is 0.0700. The van der Waals surface area contributed by atoms with E-state index >= 15 is 0 Å². The molecule has 0 saturated carbocycles. The molecule has 4 N–H and O–H groups in total. The average Bonchev–Trinajstić information content (AvgIpc) is 2.19. The summed E-state index contributed by atoms with van der Waals surface area (Å²) in [5, 5.41) is 0. The molecular formula is C10H24NO4P. The Balaban J connectivity index is 3.02. The molecule has 0 bridgehead atoms. The number of phosphoric acid groups is 1. The lowest BCUT2D eigenvalue weighted by Crippen LogP contribution is -1.97. The van der Waals surface area contributed by atoms with Crippen LogP contribution in [0.2, 0.25) is 0 Å². The second-order valence-corrected chi connectivity index (χ2v) is 5.18. The van der Waals surface area contributed by atoms with Gasteiger partial charge in [-0.15, -0.1) is 0 Å². The lowest BCUT2D eigenvalue weighted by molar-refractivity contribution is 0.193. The monoisotopic (exact) mass is 253 g/mol. The van der Waals surface area contributed by atoms with Crippen LogP contribution in [0.3, 0.4) is 0 Å². The van der Waals surface area contributed by atoms with Gasteiger partial charge in [-0.3, -0.25) is 4.52 Å². The molecule has 0 spiro atoms. The van der Waals surface area contributed by atoms with Crippen LogP contribution in [0.25, 0.3) is 0 Å². The van der Waals surface area contributed by atoms with Crippen LogP contribution in [0.1, 0.15) is 51.4 Å². The maximum absolute atomic E-state index is 10.3. The Morgan fingerprint density at radius 1 is 0.875 bits per heavy atom. The maximum atomic E-state index is 10.3. The fraction of sp³-hybridized carbons (Fsp3) is 1.00. The molecule has 0 unspecified atom stereocenters. The molecule has 0 aliphatic rings. The number of unbranched alkanes of at least 4 members (excludes halogenated alkanes) is 7. The average molecular weight is 253 g/mol. The third kappa shape index (κ3) is 14.1. The van der Waals surface area contributed by atoms with Gasteiger partial charge < -0.3 is 15.5 Å². The zero-order chi connectivity index (χ0) is 12.3. The summed E-state index contributed by atoms with van der Waals surface area (Å²) in [6, 6.07) is 0. The minimum atomic E-state index is -4.25. The van der Waals surface area contributed by atoms with Crippen molar-refractivity contribution in [1.29, 1.82) is 0 Å². The van der Waals surface area contributed by atoms with Gasteiger partial charge in [0.2, 0.25) is 0 Å². The zero-order valence-electron chi connectivity index (χ0n) is 9.81. The SMILES string of the molecule is NCCCCCCCCCCOP(=O)(O)O. The van der Waals surface area contributed by atoms with Gasteiger partial charge in [0.15, 0.2) is 0 Å². The molecule has 98 valence electrons. The van der Waals surface area contributed by atoms with Gasteiger partial charge in [-0.2, -0.15) is 0 Å². The molecule has 0 heterocycles. The molecule has 0 aliphatic carbocycles. The smallest absolute Gasteiger partial charge is 0.330 e. The van der Waals surface area contributed by atoms with Gasteiger partial charge in [-0.05, 0) is 19.4 Å². The Morgan fingerprint density at radius 2 is 1.31 bits per heavy atom. The third-order valence-corrected chi connectivity index (χ3v) is 2.88. The number of hydrogen-bond acceptors (Lipinski definition) is 3. The fourth-order valence-electron chi connectivity index (χ4n) is 1.49. The highest BCUT2D eigenvalue weighted by Crippen LogP contribution is 2.35. The third-order valence-electron chi connectivity index (χ3n) is 2.36. The van der Waals surface area contributed by atoms with Gasteiger partial charge in [0.05, 0.1) is 6.61 Å². The van der Waals surface area contributed by atoms with Crippen molar-refractivity contribution < 1.29 is 18.9 Å². The van der Waals surface area contributed by atoms with Crippen LogP contribution in [-0.4, -0.2) is 22.9 Å². The van der Waals surface area contributed by atoms with Crippen LogP contribution in [0.4, 0.5) is 0 Å². The van der Waals surface area contributed by atoms with Crippen molar-refractivity contribution in [3.8, 4) is 0 Å². The van der Waals surface area contributed by atoms with Gasteiger partial charge in [0.1, 0.15) is 0 Å². The molecule has 0 rings (SSSR count). The minimum absolute atomic E-state index is 0.150. The molecule has 0 aromatic rings. The summed E-state index contributed by atoms with van der Waals surface area (Å²) in [6.45, 7) is 0.928. The molecule has 0 atom stereocenters. The van der Waals surface area contributed by atoms with Crippen molar-refractivity contribution >= 4 is 7.82 Å². The van der Waals surface area contributed by atoms with Gasteiger partial charge in [-0.25, -0.2) is 4.57 Å². The van der Waals surface area contributed by atoms with E-state index < -0.39 is 7.82 Å². The maximum Gasteiger partial charge on any atom is 0.469 e. The Bertz CT molecular complexity index is 195. The molecule has 0 saturated heterocycles. The quantitative estimate of drug-likeness (QED) is 0.387. The first-order valence-corrected chi connectivity index (χ1v) is 7.49. The second-order valence-electron chi connectivity index (χ2n) is 3.94. The van der Waals surface area contributed by atoms with Crippen LogP contribution in [-0.2, 0) is 9.09 Å². The summed E-state index contributed by atoms with van der Waals surface area (Å²) < 4.78 is 14.7. The lowest BCUT2D eigenvalue weighted by atomic mass is 10.1. The summed E-state index contributed by atoms with van der Waals surface area (Å²) in [5.74, 6) is 0. The van der Waals surface area contributed by atoms with E-state index in [0.29, 0.717) is 6.42 Å². The topological polar surface area (TPSA) is 92.8 Å². The van der Waals surface area contributed by atoms with Crippen molar-refractivity contribution in [3.05, 3.63) is 0 Å². The zero-order valence-corrected chi connectivity index (χ0v) is 10.7. The van der Waals surface area contributed by atoms with E-state index in [1.807, 2.05) is 0 Å². The predicted molar refractivity (Wildman–Crippen MR) is 64.0 cm³/mol. The van der Waals surface area contributed by atoms with E-state index in [1.54, 1.807) is 0 Å². The van der Waals surface area contributed by atoms with Crippen molar-refractivity contribution in [2.24, 2.45) is 5.73 Å². The molecule has 16 heavy (non-hydrogen) atoms. The second kappa shape index (κ2) is 10.2. The van der Waals surface area contributed by atoms with Gasteiger partial charge in [-0.1, -0.05) is 38.5 Å². The standard InChI is InChI=1S/C10H24NO4P/c11-9-7-5-3-1-2-4-6-8-10-15-16(12,13)14/h1-11H2,(H2,12,13,14). The fourth-order valence-corrected chi connectivity index (χ4v) is 1.86. The molecule has 0 aliphatic heterocycles. The lowest BCUT2D eigenvalue weighted by Gasteiger charge is -2.04. The van der Waals surface area contributed by atoms with E-state index in [-0.39, 0.29) is 6.61 Å². The highest BCUT2D eigenvalue weighted by atomic mass is 31.2. The van der Waals surface area contributed by atoms with Gasteiger partial charge in [0.25, 0.3) is 0 Å². The largest absolute Gasteiger partial charge is 0.469 e. The summed E-state index contributed by atoms with van der Waals surface area (Å²) in [4.78, 5) is 16.8. The van der Waals surface area contributed by atoms with Crippen molar-refractivity contribution in [3.63, 3.8) is 0 Å². The normalized spacial score (nSPS) is 11.9. The molecule has 0 aromatic heterocycles. The molecule has 0 amide bonds. The first kappa shape index (κ1) is 16.1. The summed E-state index contributed by atoms with van der Waals surface area (Å²) in [5.41, 5.74) is 5.38. The Labute approximate surface area is 97.6 Å². The molecule has 0 fully saturated rings. The van der Waals surface area contributed by atoms with E-state index in [0.717, 1.165) is 25.8 Å². The number of nitrogens with two attached hydrogens (primary N) is 1. The van der Waals surface area contributed by atoms with Gasteiger partial charge >= 0.3 is 7.82 Å². The highest BCUT2D eigenvalue weighted by molar-refractivity contribution is 7.46. The van der Waals surface area contributed by atoms with E-state index in [9.17, 15) is 4.57 Å². The van der Waals surface area contributed by atoms with Crippen LogP contribution in [0.15, 0.2) is 0 Å². The van der Waals surface area contributed by atoms with Crippen LogP contribution in [0.5, 0.6) is 0 Å². The van der Waals surface area contributed by atoms with Crippen molar-refractivity contribution in [2.75, 3.05) is 13.2 Å². The van der Waals surface area contributed by atoms with Crippen molar-refractivity contribution in [1.82, 2.24) is 0 Å². The molecule has 5 nitrogen and oxygen atoms in total. The molecule has 0 aromatic carbocycles. The molecule has 0 radical (unpaired) electrons. The molecule has 6 heteroatoms. The number of rotatable bonds is 11. The summed E-state index contributed by atoms with van der Waals surface area (Å²) in [6.07, 6.45) is 8.74. The van der Waals surface area contributed by atoms with E-state index in [1.165, 1.54) is 25.7 Å². The summed E-state index contributed by atoms with van der Waals surface area (Å²) >= 11 is 0. The van der Waals surface area contributed by atoms with Crippen LogP contribution in [0, 0.1) is 0 Å². The summed E-state index contributed by atoms with van der Waals surface area (Å²) in [7, 11) is -4.25. The van der Waals surface area contributed by atoms with E-state index in [4.69, 9.17) is 15.5 Å². The van der Waals surface area contributed by atoms with Crippen LogP contribution >= 0.6 is 7.82 Å².